The predicted octanol–water partition coefficient (Wildman–Crippen LogP) is 3.39. The van der Waals surface area contributed by atoms with Crippen LogP contribution in [0, 0.1) is 6.92 Å². The standard InChI is InChI=1S/C21H35N3O3.HI/c1-5-21(25,6-2)15-24-20(22-7-3)23-13-17-9-8-16(4)12-19(17)27-18-10-11-26-14-18;/h8-9,12,18,25H,5-7,10-11,13-15H2,1-4H3,(H2,22,23,24);1H. The number of benzene rings is 1. The van der Waals surface area contributed by atoms with Crippen molar-refractivity contribution in [3.8, 4) is 5.75 Å². The van der Waals surface area contributed by atoms with Gasteiger partial charge in [-0.1, -0.05) is 26.0 Å². The van der Waals surface area contributed by atoms with Crippen molar-refractivity contribution in [1.82, 2.24) is 10.6 Å². The van der Waals surface area contributed by atoms with Gasteiger partial charge < -0.3 is 25.2 Å². The topological polar surface area (TPSA) is 75.1 Å². The molecule has 1 atom stereocenters. The number of nitrogens with one attached hydrogen (secondary N) is 2. The molecule has 1 aromatic carbocycles. The van der Waals surface area contributed by atoms with E-state index in [0.717, 1.165) is 36.4 Å². The average molecular weight is 505 g/mol. The van der Waals surface area contributed by atoms with E-state index in [1.807, 2.05) is 20.8 Å². The zero-order chi connectivity index (χ0) is 19.7. The van der Waals surface area contributed by atoms with E-state index in [0.29, 0.717) is 38.5 Å². The summed E-state index contributed by atoms with van der Waals surface area (Å²) in [5.74, 6) is 1.58. The molecule has 160 valence electrons. The lowest BCUT2D eigenvalue weighted by Crippen LogP contribution is -2.46. The highest BCUT2D eigenvalue weighted by Crippen LogP contribution is 2.24. The van der Waals surface area contributed by atoms with Crippen LogP contribution in [0.1, 0.15) is 51.2 Å². The van der Waals surface area contributed by atoms with E-state index in [9.17, 15) is 5.11 Å². The molecule has 1 aliphatic heterocycles. The zero-order valence-corrected chi connectivity index (χ0v) is 19.9. The van der Waals surface area contributed by atoms with Gasteiger partial charge in [-0.2, -0.15) is 0 Å². The van der Waals surface area contributed by atoms with Gasteiger partial charge in [-0.3, -0.25) is 0 Å². The van der Waals surface area contributed by atoms with Crippen molar-refractivity contribution in [3.05, 3.63) is 29.3 Å². The van der Waals surface area contributed by atoms with Crippen LogP contribution in [0.2, 0.25) is 0 Å². The van der Waals surface area contributed by atoms with Gasteiger partial charge in [0.05, 0.1) is 25.4 Å². The number of hydrogen-bond donors (Lipinski definition) is 3. The Balaban J connectivity index is 0.00000392. The Hall–Kier alpha value is -1.06. The van der Waals surface area contributed by atoms with Crippen LogP contribution in [0.3, 0.4) is 0 Å². The van der Waals surface area contributed by atoms with Crippen LogP contribution in [0.5, 0.6) is 5.75 Å². The van der Waals surface area contributed by atoms with E-state index < -0.39 is 5.60 Å². The second-order valence-corrected chi connectivity index (χ2v) is 7.19. The fraction of sp³-hybridized carbons (Fsp3) is 0.667. The quantitative estimate of drug-likeness (QED) is 0.273. The molecule has 1 aromatic rings. The van der Waals surface area contributed by atoms with Gasteiger partial charge >= 0.3 is 0 Å². The summed E-state index contributed by atoms with van der Waals surface area (Å²) in [7, 11) is 0. The monoisotopic (exact) mass is 505 g/mol. The highest BCUT2D eigenvalue weighted by Gasteiger charge is 2.22. The van der Waals surface area contributed by atoms with Gasteiger partial charge in [0.15, 0.2) is 5.96 Å². The molecule has 1 saturated heterocycles. The van der Waals surface area contributed by atoms with Gasteiger partial charge in [-0.05, 0) is 38.3 Å². The molecule has 0 bridgehead atoms. The normalized spacial score (nSPS) is 17.2. The van der Waals surface area contributed by atoms with Crippen LogP contribution in [-0.4, -0.2) is 49.1 Å². The number of guanidine groups is 1. The SMILES string of the molecule is CCNC(=NCc1ccc(C)cc1OC1CCOC1)NCC(O)(CC)CC.I. The highest BCUT2D eigenvalue weighted by atomic mass is 127. The number of ether oxygens (including phenoxy) is 2. The third kappa shape index (κ3) is 7.75. The molecule has 0 aliphatic carbocycles. The maximum Gasteiger partial charge on any atom is 0.191 e. The largest absolute Gasteiger partial charge is 0.488 e. The van der Waals surface area contributed by atoms with E-state index in [1.54, 1.807) is 0 Å². The minimum absolute atomic E-state index is 0. The van der Waals surface area contributed by atoms with Gasteiger partial charge in [-0.25, -0.2) is 4.99 Å². The fourth-order valence-electron chi connectivity index (χ4n) is 2.94. The fourth-order valence-corrected chi connectivity index (χ4v) is 2.94. The molecule has 0 amide bonds. The molecule has 3 N–H and O–H groups in total. The number of hydrogen-bond acceptors (Lipinski definition) is 4. The Morgan fingerprint density at radius 3 is 2.64 bits per heavy atom. The highest BCUT2D eigenvalue weighted by molar-refractivity contribution is 14.0. The summed E-state index contributed by atoms with van der Waals surface area (Å²) in [4.78, 5) is 4.69. The number of halogens is 1. The molecule has 7 heteroatoms. The summed E-state index contributed by atoms with van der Waals surface area (Å²) in [6, 6.07) is 6.22. The molecule has 1 heterocycles. The van der Waals surface area contributed by atoms with Crippen LogP contribution in [0.25, 0.3) is 0 Å². The Morgan fingerprint density at radius 1 is 1.29 bits per heavy atom. The molecule has 6 nitrogen and oxygen atoms in total. The first-order valence-corrected chi connectivity index (χ1v) is 10.1. The Morgan fingerprint density at radius 2 is 2.04 bits per heavy atom. The van der Waals surface area contributed by atoms with Gasteiger partial charge in [-0.15, -0.1) is 24.0 Å². The molecule has 0 radical (unpaired) electrons. The zero-order valence-electron chi connectivity index (χ0n) is 17.6. The first-order chi connectivity index (χ1) is 13.0. The Kier molecular flexibility index (Phi) is 11.1. The van der Waals surface area contributed by atoms with Gasteiger partial charge in [0, 0.05) is 25.1 Å². The van der Waals surface area contributed by atoms with Crippen molar-refractivity contribution in [2.75, 3.05) is 26.3 Å². The van der Waals surface area contributed by atoms with Crippen LogP contribution in [-0.2, 0) is 11.3 Å². The number of nitrogens with zero attached hydrogens (tertiary/aromatic N) is 1. The first kappa shape index (κ1) is 25.0. The number of aryl methyl sites for hydroxylation is 1. The maximum atomic E-state index is 10.5. The predicted molar refractivity (Wildman–Crippen MR) is 125 cm³/mol. The maximum absolute atomic E-state index is 10.5. The molecule has 1 aliphatic rings. The second kappa shape index (κ2) is 12.5. The summed E-state index contributed by atoms with van der Waals surface area (Å²) >= 11 is 0. The molecule has 1 unspecified atom stereocenters. The summed E-state index contributed by atoms with van der Waals surface area (Å²) in [5, 5.41) is 17.0. The van der Waals surface area contributed by atoms with Gasteiger partial charge in [0.25, 0.3) is 0 Å². The second-order valence-electron chi connectivity index (χ2n) is 7.19. The Labute approximate surface area is 186 Å². The van der Waals surface area contributed by atoms with Gasteiger partial charge in [0.2, 0.25) is 0 Å². The lowest BCUT2D eigenvalue weighted by Gasteiger charge is -2.26. The molecular weight excluding hydrogens is 469 g/mol. The summed E-state index contributed by atoms with van der Waals surface area (Å²) in [5.41, 5.74) is 1.50. The van der Waals surface area contributed by atoms with Crippen molar-refractivity contribution in [2.24, 2.45) is 4.99 Å². The minimum atomic E-state index is -0.712. The summed E-state index contributed by atoms with van der Waals surface area (Å²) in [6.45, 7) is 11.2. The van der Waals surface area contributed by atoms with Crippen LogP contribution >= 0.6 is 24.0 Å². The van der Waals surface area contributed by atoms with Crippen molar-refractivity contribution in [3.63, 3.8) is 0 Å². The van der Waals surface area contributed by atoms with Crippen molar-refractivity contribution >= 4 is 29.9 Å². The first-order valence-electron chi connectivity index (χ1n) is 10.1. The van der Waals surface area contributed by atoms with E-state index in [2.05, 4.69) is 35.8 Å². The van der Waals surface area contributed by atoms with Crippen LogP contribution in [0.4, 0.5) is 0 Å². The van der Waals surface area contributed by atoms with Crippen molar-refractivity contribution in [1.29, 1.82) is 0 Å². The lowest BCUT2D eigenvalue weighted by molar-refractivity contribution is 0.0367. The molecule has 0 saturated carbocycles. The van der Waals surface area contributed by atoms with E-state index in [1.165, 1.54) is 0 Å². The van der Waals surface area contributed by atoms with E-state index in [-0.39, 0.29) is 30.1 Å². The van der Waals surface area contributed by atoms with Crippen LogP contribution in [0.15, 0.2) is 23.2 Å². The molecule has 28 heavy (non-hydrogen) atoms. The number of aliphatic hydroxyl groups is 1. The summed E-state index contributed by atoms with van der Waals surface area (Å²) < 4.78 is 11.6. The Bertz CT molecular complexity index is 615. The molecular formula is C21H36IN3O3. The van der Waals surface area contributed by atoms with Gasteiger partial charge in [0.1, 0.15) is 11.9 Å². The van der Waals surface area contributed by atoms with Crippen molar-refractivity contribution < 1.29 is 14.6 Å². The molecule has 0 spiro atoms. The average Bonchev–Trinajstić information content (AvgIpc) is 3.18. The smallest absolute Gasteiger partial charge is 0.191 e. The third-order valence-electron chi connectivity index (χ3n) is 5.06. The van der Waals surface area contributed by atoms with E-state index in [4.69, 9.17) is 14.5 Å². The molecule has 0 aromatic heterocycles. The minimum Gasteiger partial charge on any atom is -0.488 e. The molecule has 2 rings (SSSR count). The number of rotatable bonds is 9. The number of aliphatic imine (C=N–C) groups is 1. The third-order valence-corrected chi connectivity index (χ3v) is 5.06. The summed E-state index contributed by atoms with van der Waals surface area (Å²) in [6.07, 6.45) is 2.45. The lowest BCUT2D eigenvalue weighted by atomic mass is 9.98. The molecule has 1 fully saturated rings. The van der Waals surface area contributed by atoms with Crippen LogP contribution < -0.4 is 15.4 Å². The van der Waals surface area contributed by atoms with E-state index >= 15 is 0 Å². The van der Waals surface area contributed by atoms with Crippen molar-refractivity contribution in [2.45, 2.75) is 65.2 Å².